The number of carbonyl (C=O) groups is 3. The van der Waals surface area contributed by atoms with Crippen molar-refractivity contribution in [3.8, 4) is 11.3 Å². The van der Waals surface area contributed by atoms with Crippen LogP contribution < -0.4 is 0 Å². The van der Waals surface area contributed by atoms with Crippen LogP contribution in [0.4, 0.5) is 0 Å². The van der Waals surface area contributed by atoms with E-state index in [1.165, 1.54) is 44.1 Å². The van der Waals surface area contributed by atoms with E-state index >= 15 is 0 Å². The number of aliphatic carboxylic acids is 2. The number of hydrogen-bond acceptors (Lipinski definition) is 8. The van der Waals surface area contributed by atoms with Crippen molar-refractivity contribution in [1.82, 2.24) is 15.0 Å². The molecule has 2 aliphatic rings. The average Bonchev–Trinajstić information content (AvgIpc) is 3.44. The monoisotopic (exact) mass is 559 g/mol. The summed E-state index contributed by atoms with van der Waals surface area (Å²) in [5.74, 6) is -2.80. The molecule has 11 heteroatoms. The van der Waals surface area contributed by atoms with E-state index in [9.17, 15) is 14.4 Å². The zero-order valence-electron chi connectivity index (χ0n) is 23.2. The van der Waals surface area contributed by atoms with E-state index in [2.05, 4.69) is 41.2 Å². The predicted octanol–water partition coefficient (Wildman–Crippen LogP) is 3.39. The Hall–Kier alpha value is -3.28. The van der Waals surface area contributed by atoms with Crippen molar-refractivity contribution in [3.63, 3.8) is 0 Å². The molecule has 40 heavy (non-hydrogen) atoms. The van der Waals surface area contributed by atoms with Gasteiger partial charge in [0.15, 0.2) is 23.7 Å². The maximum absolute atomic E-state index is 13.6. The minimum atomic E-state index is -2.27. The molecule has 0 saturated heterocycles. The Balaban J connectivity index is 0.000000378. The SMILES string of the molecule is CN(C)Cc1cccc(-c2cc(C(=O)N(C3CCCCC3)C3CCCCC3)no2)c1.O=C(O)[C@H](O)[C@@H](O)C(=O)O. The van der Waals surface area contributed by atoms with Crippen LogP contribution in [0.25, 0.3) is 11.3 Å². The number of amides is 1. The molecule has 0 bridgehead atoms. The van der Waals surface area contributed by atoms with Gasteiger partial charge in [0.1, 0.15) is 0 Å². The number of carboxylic acids is 2. The van der Waals surface area contributed by atoms with Crippen LogP contribution >= 0.6 is 0 Å². The lowest BCUT2D eigenvalue weighted by atomic mass is 9.88. The molecule has 1 amide bonds. The molecule has 1 aromatic carbocycles. The molecule has 4 rings (SSSR count). The first-order chi connectivity index (χ1) is 19.1. The first kappa shape index (κ1) is 31.3. The standard InChI is InChI=1S/C25H35N3O2.C4H6O6/c1-27(2)18-19-10-9-11-20(16-19)24-17-23(26-30-24)25(29)28(21-12-5-3-6-13-21)22-14-7-4-8-15-22;5-1(3(7)8)2(6)4(9)10/h9-11,16-17,21-22H,3-8,12-15,18H2,1-2H3;1-2,5-6H,(H,7,8)(H,9,10)/t;1-,2-/m.1/s1. The number of carboxylic acid groups (broad SMARTS) is 2. The summed E-state index contributed by atoms with van der Waals surface area (Å²) in [6.45, 7) is 0.866. The highest BCUT2D eigenvalue weighted by Crippen LogP contribution is 2.32. The van der Waals surface area contributed by atoms with Gasteiger partial charge in [0, 0.05) is 30.3 Å². The zero-order chi connectivity index (χ0) is 29.2. The fourth-order valence-corrected chi connectivity index (χ4v) is 5.45. The van der Waals surface area contributed by atoms with Crippen LogP contribution in [0.3, 0.4) is 0 Å². The molecular formula is C29H41N3O8. The molecule has 0 radical (unpaired) electrons. The summed E-state index contributed by atoms with van der Waals surface area (Å²) in [6, 6.07) is 10.9. The molecule has 1 aromatic heterocycles. The topological polar surface area (TPSA) is 165 Å². The Morgan fingerprint density at radius 3 is 1.88 bits per heavy atom. The summed E-state index contributed by atoms with van der Waals surface area (Å²) in [4.78, 5) is 37.5. The molecule has 2 atom stereocenters. The number of carbonyl (C=O) groups excluding carboxylic acids is 1. The maximum Gasteiger partial charge on any atom is 0.335 e. The summed E-state index contributed by atoms with van der Waals surface area (Å²) in [7, 11) is 4.12. The Morgan fingerprint density at radius 1 is 0.875 bits per heavy atom. The van der Waals surface area contributed by atoms with E-state index in [0.717, 1.165) is 37.8 Å². The van der Waals surface area contributed by atoms with Crippen LogP contribution in [0.15, 0.2) is 34.9 Å². The van der Waals surface area contributed by atoms with E-state index in [1.807, 2.05) is 18.2 Å². The first-order valence-corrected chi connectivity index (χ1v) is 13.9. The van der Waals surface area contributed by atoms with Gasteiger partial charge in [-0.05, 0) is 51.4 Å². The molecule has 4 N–H and O–H groups in total. The normalized spacial score (nSPS) is 17.9. The second-order valence-electron chi connectivity index (χ2n) is 10.9. The van der Waals surface area contributed by atoms with E-state index in [0.29, 0.717) is 23.5 Å². The molecule has 2 saturated carbocycles. The minimum Gasteiger partial charge on any atom is -0.479 e. The lowest BCUT2D eigenvalue weighted by Crippen LogP contribution is -2.48. The number of aliphatic hydroxyl groups is 2. The van der Waals surface area contributed by atoms with Gasteiger partial charge in [-0.2, -0.15) is 0 Å². The van der Waals surface area contributed by atoms with Gasteiger partial charge in [-0.25, -0.2) is 9.59 Å². The summed E-state index contributed by atoms with van der Waals surface area (Å²) in [6.07, 6.45) is 7.45. The van der Waals surface area contributed by atoms with Crippen molar-refractivity contribution in [2.45, 2.75) is 95.0 Å². The summed E-state index contributed by atoms with van der Waals surface area (Å²) in [5.41, 5.74) is 2.65. The molecule has 0 spiro atoms. The van der Waals surface area contributed by atoms with Crippen LogP contribution in [0.2, 0.25) is 0 Å². The van der Waals surface area contributed by atoms with Crippen molar-refractivity contribution in [2.75, 3.05) is 14.1 Å². The lowest BCUT2D eigenvalue weighted by Gasteiger charge is -2.41. The van der Waals surface area contributed by atoms with Gasteiger partial charge < -0.3 is 34.7 Å². The second-order valence-corrected chi connectivity index (χ2v) is 10.9. The van der Waals surface area contributed by atoms with Crippen molar-refractivity contribution < 1.29 is 39.3 Å². The number of hydrogen-bond donors (Lipinski definition) is 4. The van der Waals surface area contributed by atoms with Crippen LogP contribution in [-0.4, -0.2) is 91.6 Å². The van der Waals surface area contributed by atoms with E-state index in [1.54, 1.807) is 0 Å². The maximum atomic E-state index is 13.6. The molecule has 0 unspecified atom stereocenters. The molecule has 2 fully saturated rings. The van der Waals surface area contributed by atoms with Gasteiger partial charge in [-0.3, -0.25) is 4.79 Å². The van der Waals surface area contributed by atoms with Gasteiger partial charge in [-0.15, -0.1) is 0 Å². The smallest absolute Gasteiger partial charge is 0.335 e. The third-order valence-electron chi connectivity index (χ3n) is 7.42. The fourth-order valence-electron chi connectivity index (χ4n) is 5.45. The number of aliphatic hydroxyl groups excluding tert-OH is 2. The first-order valence-electron chi connectivity index (χ1n) is 13.9. The lowest BCUT2D eigenvalue weighted by molar-refractivity contribution is -0.165. The predicted molar refractivity (Wildman–Crippen MR) is 147 cm³/mol. The summed E-state index contributed by atoms with van der Waals surface area (Å²) >= 11 is 0. The van der Waals surface area contributed by atoms with E-state index in [-0.39, 0.29) is 5.91 Å². The number of nitrogens with zero attached hydrogens (tertiary/aromatic N) is 3. The molecule has 11 nitrogen and oxygen atoms in total. The molecule has 2 aliphatic carbocycles. The van der Waals surface area contributed by atoms with Crippen LogP contribution in [0.1, 0.15) is 80.3 Å². The third-order valence-corrected chi connectivity index (χ3v) is 7.42. The van der Waals surface area contributed by atoms with E-state index < -0.39 is 24.1 Å². The van der Waals surface area contributed by atoms with Crippen molar-refractivity contribution in [2.24, 2.45) is 0 Å². The van der Waals surface area contributed by atoms with Crippen LogP contribution in [0.5, 0.6) is 0 Å². The van der Waals surface area contributed by atoms with Crippen LogP contribution in [0, 0.1) is 0 Å². The highest BCUT2D eigenvalue weighted by Gasteiger charge is 2.34. The third kappa shape index (κ3) is 8.61. The number of rotatable bonds is 9. The summed E-state index contributed by atoms with van der Waals surface area (Å²) < 4.78 is 5.65. The van der Waals surface area contributed by atoms with Gasteiger partial charge >= 0.3 is 11.9 Å². The van der Waals surface area contributed by atoms with Gasteiger partial charge in [0.25, 0.3) is 5.91 Å². The van der Waals surface area contributed by atoms with Gasteiger partial charge in [0.2, 0.25) is 0 Å². The zero-order valence-corrected chi connectivity index (χ0v) is 23.2. The number of benzene rings is 1. The molecule has 2 aromatic rings. The van der Waals surface area contributed by atoms with Crippen molar-refractivity contribution in [3.05, 3.63) is 41.6 Å². The fraction of sp³-hybridized carbons (Fsp3) is 0.586. The minimum absolute atomic E-state index is 0.0632. The summed E-state index contributed by atoms with van der Waals surface area (Å²) in [5, 5.41) is 36.7. The van der Waals surface area contributed by atoms with Crippen molar-refractivity contribution >= 4 is 17.8 Å². The van der Waals surface area contributed by atoms with Crippen LogP contribution in [-0.2, 0) is 16.1 Å². The Bertz CT molecular complexity index is 1090. The molecule has 220 valence electrons. The molecular weight excluding hydrogens is 518 g/mol. The highest BCUT2D eigenvalue weighted by molar-refractivity contribution is 5.93. The van der Waals surface area contributed by atoms with Gasteiger partial charge in [-0.1, -0.05) is 61.9 Å². The van der Waals surface area contributed by atoms with E-state index in [4.69, 9.17) is 24.9 Å². The average molecular weight is 560 g/mol. The van der Waals surface area contributed by atoms with Gasteiger partial charge in [0.05, 0.1) is 0 Å². The quantitative estimate of drug-likeness (QED) is 0.358. The Labute approximate surface area is 234 Å². The Kier molecular flexibility index (Phi) is 11.7. The highest BCUT2D eigenvalue weighted by atomic mass is 16.5. The second kappa shape index (κ2) is 14.9. The largest absolute Gasteiger partial charge is 0.479 e. The molecule has 1 heterocycles. The molecule has 0 aliphatic heterocycles. The Morgan fingerprint density at radius 2 is 1.40 bits per heavy atom. The van der Waals surface area contributed by atoms with Crippen molar-refractivity contribution in [1.29, 1.82) is 0 Å². The number of aromatic nitrogens is 1.